The highest BCUT2D eigenvalue weighted by atomic mass is 16.5. The van der Waals surface area contributed by atoms with Gasteiger partial charge in [0.25, 0.3) is 0 Å². The van der Waals surface area contributed by atoms with Crippen molar-refractivity contribution in [3.8, 4) is 68.9 Å². The van der Waals surface area contributed by atoms with Crippen molar-refractivity contribution in [2.75, 3.05) is 28.4 Å². The molecule has 9 aromatic rings. The lowest BCUT2D eigenvalue weighted by Gasteiger charge is -2.24. The van der Waals surface area contributed by atoms with Gasteiger partial charge in [0, 0.05) is 33.0 Å². The van der Waals surface area contributed by atoms with Crippen LogP contribution >= 0.6 is 0 Å². The van der Waals surface area contributed by atoms with E-state index in [4.69, 9.17) is 18.9 Å². The standard InChI is InChI=1S/C62H54O4/c1-61(2,3)47-33-43(17-11-39-13-23-49(63-7)24-14-39)57-45(35-47)37-55(41-19-27-51(65-9)28-20-41)59-53(57)31-32-54-58-44(18-12-40-15-25-50(64-8)26-16-40)34-48(62(4,5)6)36-46(58)38-56(60(54)59)42-21-29-52(66-10)30-22-42/h13-16,19-38H,1-10H3. The maximum Gasteiger partial charge on any atom is 0.118 e. The second-order valence-corrected chi connectivity index (χ2v) is 18.9. The fourth-order valence-corrected chi connectivity index (χ4v) is 8.88. The number of hydrogen-bond acceptors (Lipinski definition) is 4. The lowest BCUT2D eigenvalue weighted by Crippen LogP contribution is -2.11. The number of methoxy groups -OCH3 is 4. The minimum absolute atomic E-state index is 0.126. The highest BCUT2D eigenvalue weighted by molar-refractivity contribution is 6.31. The molecule has 9 aromatic carbocycles. The Labute approximate surface area is 389 Å². The molecule has 66 heavy (non-hydrogen) atoms. The Morgan fingerprint density at radius 1 is 0.333 bits per heavy atom. The first-order chi connectivity index (χ1) is 31.8. The molecule has 0 aliphatic carbocycles. The van der Waals surface area contributed by atoms with Crippen molar-refractivity contribution >= 4 is 43.1 Å². The molecule has 0 aliphatic heterocycles. The lowest BCUT2D eigenvalue weighted by atomic mass is 9.79. The quantitative estimate of drug-likeness (QED) is 0.123. The average molecular weight is 863 g/mol. The van der Waals surface area contributed by atoms with E-state index in [1.807, 2.05) is 48.5 Å². The summed E-state index contributed by atoms with van der Waals surface area (Å²) in [5.41, 5.74) is 10.4. The predicted molar refractivity (Wildman–Crippen MR) is 276 cm³/mol. The van der Waals surface area contributed by atoms with Gasteiger partial charge in [-0.25, -0.2) is 0 Å². The number of ether oxygens (including phenoxy) is 4. The Morgan fingerprint density at radius 3 is 0.955 bits per heavy atom. The molecular weight excluding hydrogens is 809 g/mol. The summed E-state index contributed by atoms with van der Waals surface area (Å²) in [6.07, 6.45) is 0. The summed E-state index contributed by atoms with van der Waals surface area (Å²) < 4.78 is 22.3. The van der Waals surface area contributed by atoms with Gasteiger partial charge in [-0.2, -0.15) is 0 Å². The molecule has 0 N–H and O–H groups in total. The SMILES string of the molecule is COc1ccc(C#Cc2cc(C(C)(C)C)cc3cc(-c4ccc(OC)cc4)c4c(ccc5c6c(C#Cc7ccc(OC)cc7)cc(C(C)(C)C)cc6cc(-c6ccc(OC)cc6)c54)c23)cc1. The van der Waals surface area contributed by atoms with E-state index in [0.29, 0.717) is 0 Å². The van der Waals surface area contributed by atoms with Crippen LogP contribution in [-0.4, -0.2) is 28.4 Å². The highest BCUT2D eigenvalue weighted by Gasteiger charge is 2.24. The van der Waals surface area contributed by atoms with Crippen LogP contribution in [0.1, 0.15) is 74.9 Å². The Kier molecular flexibility index (Phi) is 11.5. The number of benzene rings is 9. The summed E-state index contributed by atoms with van der Waals surface area (Å²) in [4.78, 5) is 0. The van der Waals surface area contributed by atoms with E-state index >= 15 is 0 Å². The number of hydrogen-bond donors (Lipinski definition) is 0. The van der Waals surface area contributed by atoms with Gasteiger partial charge in [0.2, 0.25) is 0 Å². The third-order valence-electron chi connectivity index (χ3n) is 12.6. The molecule has 9 rings (SSSR count). The molecule has 0 heterocycles. The second kappa shape index (κ2) is 17.4. The van der Waals surface area contributed by atoms with Gasteiger partial charge < -0.3 is 18.9 Å². The van der Waals surface area contributed by atoms with Crippen LogP contribution in [0.3, 0.4) is 0 Å². The van der Waals surface area contributed by atoms with Crippen molar-refractivity contribution < 1.29 is 18.9 Å². The first-order valence-electron chi connectivity index (χ1n) is 22.4. The highest BCUT2D eigenvalue weighted by Crippen LogP contribution is 2.48. The Morgan fingerprint density at radius 2 is 0.652 bits per heavy atom. The molecular formula is C62H54O4. The van der Waals surface area contributed by atoms with Crippen molar-refractivity contribution in [2.24, 2.45) is 0 Å². The van der Waals surface area contributed by atoms with Crippen molar-refractivity contribution in [2.45, 2.75) is 52.4 Å². The average Bonchev–Trinajstić information content (AvgIpc) is 3.33. The van der Waals surface area contributed by atoms with Crippen LogP contribution in [0, 0.1) is 23.7 Å². The molecule has 326 valence electrons. The second-order valence-electron chi connectivity index (χ2n) is 18.9. The van der Waals surface area contributed by atoms with Crippen molar-refractivity contribution in [1.29, 1.82) is 0 Å². The number of rotatable bonds is 6. The summed E-state index contributed by atoms with van der Waals surface area (Å²) in [6.45, 7) is 13.6. The van der Waals surface area contributed by atoms with Gasteiger partial charge in [0.05, 0.1) is 28.4 Å². The zero-order chi connectivity index (χ0) is 46.3. The summed E-state index contributed by atoms with van der Waals surface area (Å²) in [5, 5.41) is 9.01. The minimum Gasteiger partial charge on any atom is -0.497 e. The van der Waals surface area contributed by atoms with Crippen LogP contribution in [0.5, 0.6) is 23.0 Å². The molecule has 0 aromatic heterocycles. The third-order valence-corrected chi connectivity index (χ3v) is 12.6. The first kappa shape index (κ1) is 43.6. The Balaban J connectivity index is 1.48. The van der Waals surface area contributed by atoms with Gasteiger partial charge in [-0.3, -0.25) is 0 Å². The molecule has 0 radical (unpaired) electrons. The van der Waals surface area contributed by atoms with E-state index in [1.54, 1.807) is 28.4 Å². The molecule has 0 saturated carbocycles. The third kappa shape index (κ3) is 8.40. The normalized spacial score (nSPS) is 11.5. The molecule has 0 saturated heterocycles. The summed E-state index contributed by atoms with van der Waals surface area (Å²) >= 11 is 0. The maximum atomic E-state index is 5.68. The van der Waals surface area contributed by atoms with Crippen LogP contribution in [0.25, 0.3) is 65.3 Å². The smallest absolute Gasteiger partial charge is 0.118 e. The van der Waals surface area contributed by atoms with Gasteiger partial charge in [0.15, 0.2) is 0 Å². The Bertz CT molecular complexity index is 3200. The largest absolute Gasteiger partial charge is 0.497 e. The fourth-order valence-electron chi connectivity index (χ4n) is 8.88. The molecule has 0 bridgehead atoms. The van der Waals surface area contributed by atoms with Crippen molar-refractivity contribution in [3.63, 3.8) is 0 Å². The molecule has 0 amide bonds. The summed E-state index contributed by atoms with van der Waals surface area (Å²) in [6, 6.07) is 51.5. The minimum atomic E-state index is -0.126. The molecule has 0 spiro atoms. The van der Waals surface area contributed by atoms with Gasteiger partial charge in [0.1, 0.15) is 23.0 Å². The topological polar surface area (TPSA) is 36.9 Å². The molecule has 0 aliphatic rings. The van der Waals surface area contributed by atoms with Crippen LogP contribution < -0.4 is 18.9 Å². The van der Waals surface area contributed by atoms with E-state index < -0.39 is 0 Å². The van der Waals surface area contributed by atoms with E-state index in [2.05, 4.69) is 162 Å². The lowest BCUT2D eigenvalue weighted by molar-refractivity contribution is 0.414. The van der Waals surface area contributed by atoms with Gasteiger partial charge in [-0.15, -0.1) is 0 Å². The fraction of sp³-hybridized carbons (Fsp3) is 0.194. The van der Waals surface area contributed by atoms with Crippen LogP contribution in [0.15, 0.2) is 146 Å². The van der Waals surface area contributed by atoms with E-state index in [-0.39, 0.29) is 10.8 Å². The van der Waals surface area contributed by atoms with Crippen LogP contribution in [0.2, 0.25) is 0 Å². The zero-order valence-electron chi connectivity index (χ0n) is 39.5. The van der Waals surface area contributed by atoms with E-state index in [1.165, 1.54) is 11.1 Å². The molecule has 0 atom stereocenters. The molecule has 0 unspecified atom stereocenters. The van der Waals surface area contributed by atoms with Crippen LogP contribution in [-0.2, 0) is 10.8 Å². The molecule has 0 fully saturated rings. The predicted octanol–water partition coefficient (Wildman–Crippen LogP) is 15.1. The van der Waals surface area contributed by atoms with Crippen molar-refractivity contribution in [1.82, 2.24) is 0 Å². The van der Waals surface area contributed by atoms with Gasteiger partial charge >= 0.3 is 0 Å². The van der Waals surface area contributed by atoms with Gasteiger partial charge in [-0.1, -0.05) is 114 Å². The van der Waals surface area contributed by atoms with E-state index in [9.17, 15) is 0 Å². The van der Waals surface area contributed by atoms with Gasteiger partial charge in [-0.05, 0) is 174 Å². The molecule has 4 nitrogen and oxygen atoms in total. The summed E-state index contributed by atoms with van der Waals surface area (Å²) in [5.74, 6) is 17.6. The Hall–Kier alpha value is -7.66. The maximum absolute atomic E-state index is 5.68. The molecule has 4 heteroatoms. The summed E-state index contributed by atoms with van der Waals surface area (Å²) in [7, 11) is 6.79. The van der Waals surface area contributed by atoms with Crippen molar-refractivity contribution in [3.05, 3.63) is 179 Å². The number of fused-ring (bicyclic) bond motifs is 7. The van der Waals surface area contributed by atoms with Crippen LogP contribution in [0.4, 0.5) is 0 Å². The monoisotopic (exact) mass is 862 g/mol. The zero-order valence-corrected chi connectivity index (χ0v) is 39.5. The first-order valence-corrected chi connectivity index (χ1v) is 22.4. The van der Waals surface area contributed by atoms with E-state index in [0.717, 1.165) is 111 Å².